The highest BCUT2D eigenvalue weighted by Crippen LogP contribution is 1.98. The predicted octanol–water partition coefficient (Wildman–Crippen LogP) is 0.625. The zero-order chi connectivity index (χ0) is 11.6. The maximum absolute atomic E-state index is 10.5. The van der Waals surface area contributed by atoms with Crippen molar-refractivity contribution < 1.29 is 22.6 Å². The number of hydrogen-bond acceptors (Lipinski definition) is 5. The Balaban J connectivity index is 3.06. The van der Waals surface area contributed by atoms with Gasteiger partial charge in [0.25, 0.3) is 0 Å². The summed E-state index contributed by atoms with van der Waals surface area (Å²) >= 11 is 0. The Kier molecular flexibility index (Phi) is 9.43. The third-order valence-corrected chi connectivity index (χ3v) is 2.72. The van der Waals surface area contributed by atoms with E-state index in [-0.39, 0.29) is 5.75 Å². The van der Waals surface area contributed by atoms with E-state index in [9.17, 15) is 8.42 Å². The van der Waals surface area contributed by atoms with E-state index in [4.69, 9.17) is 24.9 Å². The minimum Gasteiger partial charge on any atom is -0.382 e. The molecule has 0 aromatic heterocycles. The molecular weight excluding hydrogens is 244 g/mol. The molecule has 0 unspecified atom stereocenters. The van der Waals surface area contributed by atoms with Crippen LogP contribution in [-0.2, 0) is 23.3 Å². The summed E-state index contributed by atoms with van der Waals surface area (Å²) in [6.45, 7) is 2.41. The molecule has 15 heavy (non-hydrogen) atoms. The Morgan fingerprint density at radius 3 is 2.07 bits per heavy atom. The molecule has 0 bridgehead atoms. The van der Waals surface area contributed by atoms with Gasteiger partial charge in [-0.05, 0) is 6.42 Å². The normalized spacial score (nSPS) is 11.9. The molecule has 0 heterocycles. The van der Waals surface area contributed by atoms with Crippen molar-refractivity contribution in [2.45, 2.75) is 6.42 Å². The van der Waals surface area contributed by atoms with Crippen molar-refractivity contribution in [3.05, 3.63) is 0 Å². The Labute approximate surface area is 95.1 Å². The number of ether oxygens (including phenoxy) is 3. The molecule has 0 aromatic carbocycles. The second-order valence-corrected chi connectivity index (χ2v) is 5.71. The third kappa shape index (κ3) is 14.1. The maximum atomic E-state index is 10.5. The summed E-state index contributed by atoms with van der Waals surface area (Å²) in [6, 6.07) is 0. The SMILES string of the molecule is COCCOCCOCCCS(=O)(=O)Cl. The van der Waals surface area contributed by atoms with Crippen LogP contribution >= 0.6 is 10.7 Å². The molecule has 0 saturated heterocycles. The zero-order valence-corrected chi connectivity index (χ0v) is 10.3. The highest BCUT2D eigenvalue weighted by atomic mass is 35.7. The molecule has 0 saturated carbocycles. The fraction of sp³-hybridized carbons (Fsp3) is 1.00. The van der Waals surface area contributed by atoms with Crippen molar-refractivity contribution in [3.8, 4) is 0 Å². The summed E-state index contributed by atoms with van der Waals surface area (Å²) in [4.78, 5) is 0. The molecule has 0 radical (unpaired) electrons. The summed E-state index contributed by atoms with van der Waals surface area (Å²) < 4.78 is 36.0. The van der Waals surface area contributed by atoms with Crippen molar-refractivity contribution in [2.24, 2.45) is 0 Å². The van der Waals surface area contributed by atoms with Crippen LogP contribution in [0, 0.1) is 0 Å². The molecular formula is C8H17ClO5S. The first kappa shape index (κ1) is 15.1. The Morgan fingerprint density at radius 2 is 1.53 bits per heavy atom. The monoisotopic (exact) mass is 260 g/mol. The average Bonchev–Trinajstić information content (AvgIpc) is 2.14. The summed E-state index contributed by atoms with van der Waals surface area (Å²) in [5.74, 6) is -0.0565. The van der Waals surface area contributed by atoms with Gasteiger partial charge in [-0.2, -0.15) is 0 Å². The minimum atomic E-state index is -3.38. The van der Waals surface area contributed by atoms with Crippen LogP contribution in [-0.4, -0.2) is 54.3 Å². The predicted molar refractivity (Wildman–Crippen MR) is 57.8 cm³/mol. The van der Waals surface area contributed by atoms with Gasteiger partial charge in [-0.25, -0.2) is 8.42 Å². The van der Waals surface area contributed by atoms with Crippen molar-refractivity contribution >= 4 is 19.7 Å². The molecule has 0 amide bonds. The molecule has 0 aromatic rings. The van der Waals surface area contributed by atoms with E-state index >= 15 is 0 Å². The summed E-state index contributed by atoms with van der Waals surface area (Å²) in [5, 5.41) is 0. The zero-order valence-electron chi connectivity index (χ0n) is 8.78. The third-order valence-electron chi connectivity index (χ3n) is 1.48. The molecule has 0 rings (SSSR count). The largest absolute Gasteiger partial charge is 0.382 e. The minimum absolute atomic E-state index is 0.0565. The number of methoxy groups -OCH3 is 1. The molecule has 0 spiro atoms. The first-order chi connectivity index (χ1) is 7.06. The van der Waals surface area contributed by atoms with Gasteiger partial charge in [0, 0.05) is 24.4 Å². The highest BCUT2D eigenvalue weighted by molar-refractivity contribution is 8.13. The van der Waals surface area contributed by atoms with Crippen LogP contribution in [0.2, 0.25) is 0 Å². The molecule has 0 aliphatic heterocycles. The molecule has 7 heteroatoms. The lowest BCUT2D eigenvalue weighted by Gasteiger charge is -2.04. The first-order valence-electron chi connectivity index (χ1n) is 4.63. The van der Waals surface area contributed by atoms with Crippen LogP contribution in [0.25, 0.3) is 0 Å². The fourth-order valence-electron chi connectivity index (χ4n) is 0.798. The fourth-order valence-corrected chi connectivity index (χ4v) is 1.59. The van der Waals surface area contributed by atoms with Gasteiger partial charge in [0.2, 0.25) is 9.05 Å². The number of hydrogen-bond donors (Lipinski definition) is 0. The van der Waals surface area contributed by atoms with Gasteiger partial charge in [0.1, 0.15) is 0 Å². The van der Waals surface area contributed by atoms with Crippen LogP contribution in [0.4, 0.5) is 0 Å². The Hall–Kier alpha value is 0.120. The van der Waals surface area contributed by atoms with E-state index in [1.165, 1.54) is 0 Å². The molecule has 0 fully saturated rings. The molecule has 92 valence electrons. The lowest BCUT2D eigenvalue weighted by atomic mass is 10.5. The first-order valence-corrected chi connectivity index (χ1v) is 7.11. The van der Waals surface area contributed by atoms with Crippen LogP contribution in [0.15, 0.2) is 0 Å². The van der Waals surface area contributed by atoms with Gasteiger partial charge < -0.3 is 14.2 Å². The lowest BCUT2D eigenvalue weighted by molar-refractivity contribution is 0.0251. The molecule has 0 N–H and O–H groups in total. The summed E-state index contributed by atoms with van der Waals surface area (Å²) in [7, 11) is 3.23. The van der Waals surface area contributed by atoms with Crippen molar-refractivity contribution in [3.63, 3.8) is 0 Å². The van der Waals surface area contributed by atoms with Crippen LogP contribution in [0.1, 0.15) is 6.42 Å². The summed E-state index contributed by atoms with van der Waals surface area (Å²) in [5.41, 5.74) is 0. The van der Waals surface area contributed by atoms with E-state index in [0.717, 1.165) is 0 Å². The van der Waals surface area contributed by atoms with E-state index in [0.29, 0.717) is 39.5 Å². The Bertz CT molecular complexity index is 229. The van der Waals surface area contributed by atoms with E-state index in [1.807, 2.05) is 0 Å². The van der Waals surface area contributed by atoms with E-state index < -0.39 is 9.05 Å². The molecule has 5 nitrogen and oxygen atoms in total. The number of rotatable bonds is 10. The van der Waals surface area contributed by atoms with E-state index in [2.05, 4.69) is 0 Å². The smallest absolute Gasteiger partial charge is 0.232 e. The quantitative estimate of drug-likeness (QED) is 0.426. The average molecular weight is 261 g/mol. The molecule has 0 aliphatic carbocycles. The van der Waals surface area contributed by atoms with Crippen molar-refractivity contribution in [1.82, 2.24) is 0 Å². The topological polar surface area (TPSA) is 61.8 Å². The van der Waals surface area contributed by atoms with Gasteiger partial charge >= 0.3 is 0 Å². The second-order valence-electron chi connectivity index (χ2n) is 2.81. The van der Waals surface area contributed by atoms with Crippen LogP contribution in [0.3, 0.4) is 0 Å². The molecule has 0 atom stereocenters. The second kappa shape index (κ2) is 9.35. The Morgan fingerprint density at radius 1 is 1.00 bits per heavy atom. The molecule has 0 aliphatic rings. The van der Waals surface area contributed by atoms with E-state index in [1.54, 1.807) is 7.11 Å². The van der Waals surface area contributed by atoms with Crippen molar-refractivity contribution in [1.29, 1.82) is 0 Å². The highest BCUT2D eigenvalue weighted by Gasteiger charge is 2.03. The van der Waals surface area contributed by atoms with Gasteiger partial charge in [-0.1, -0.05) is 0 Å². The van der Waals surface area contributed by atoms with Gasteiger partial charge in [0.05, 0.1) is 32.2 Å². The van der Waals surface area contributed by atoms with Gasteiger partial charge in [-0.15, -0.1) is 0 Å². The summed E-state index contributed by atoms with van der Waals surface area (Å²) in [6.07, 6.45) is 0.407. The van der Waals surface area contributed by atoms with Gasteiger partial charge in [0.15, 0.2) is 0 Å². The van der Waals surface area contributed by atoms with Crippen LogP contribution in [0.5, 0.6) is 0 Å². The lowest BCUT2D eigenvalue weighted by Crippen LogP contribution is -2.10. The van der Waals surface area contributed by atoms with Gasteiger partial charge in [-0.3, -0.25) is 0 Å². The van der Waals surface area contributed by atoms with Crippen molar-refractivity contribution in [2.75, 3.05) is 45.9 Å². The number of halogens is 1. The maximum Gasteiger partial charge on any atom is 0.232 e. The standard InChI is InChI=1S/C8H17ClO5S/c1-12-4-5-14-7-6-13-3-2-8-15(9,10)11/h2-8H2,1H3. The van der Waals surface area contributed by atoms with Crippen LogP contribution < -0.4 is 0 Å².